The van der Waals surface area contributed by atoms with Crippen LogP contribution in [0.2, 0.25) is 0 Å². The number of ether oxygens (including phenoxy) is 1. The average Bonchev–Trinajstić information content (AvgIpc) is 3.28. The van der Waals surface area contributed by atoms with Gasteiger partial charge in [0.25, 0.3) is 0 Å². The number of aliphatic imine (C=N–C) groups is 1. The van der Waals surface area contributed by atoms with Crippen LogP contribution in [0.25, 0.3) is 5.69 Å². The number of nitrogens with zero attached hydrogens (tertiary/aromatic N) is 3. The number of aryl methyl sites for hydroxylation is 2. The summed E-state index contributed by atoms with van der Waals surface area (Å²) in [6, 6.07) is 11.9. The van der Waals surface area contributed by atoms with Crippen LogP contribution in [-0.4, -0.2) is 23.4 Å². The molecule has 0 N–H and O–H groups in total. The van der Waals surface area contributed by atoms with Gasteiger partial charge in [0.2, 0.25) is 0 Å². The summed E-state index contributed by atoms with van der Waals surface area (Å²) < 4.78 is 7.20. The number of aromatic nitrogens is 1. The molecule has 2 heterocycles. The highest BCUT2D eigenvalue weighted by Gasteiger charge is 2.20. The van der Waals surface area contributed by atoms with Gasteiger partial charge in [-0.05, 0) is 82.3 Å². The number of carbonyl (C=O) groups is 1. The summed E-state index contributed by atoms with van der Waals surface area (Å²) in [5.41, 5.74) is 6.63. The molecule has 0 amide bonds. The molecule has 0 saturated heterocycles. The van der Waals surface area contributed by atoms with Gasteiger partial charge in [0.15, 0.2) is 0 Å². The molecule has 0 bridgehead atoms. The zero-order valence-corrected chi connectivity index (χ0v) is 18.9. The highest BCUT2D eigenvalue weighted by atomic mass is 32.1. The lowest BCUT2D eigenvalue weighted by molar-refractivity contribution is 0.0526. The molecule has 1 aliphatic rings. The molecule has 1 aromatic carbocycles. The number of rotatable bonds is 5. The summed E-state index contributed by atoms with van der Waals surface area (Å²) in [5.74, 6) is -0.310. The SMILES string of the molecule is CCOC(=O)c1ccc(-n2c(C)cc(C=Nc3sc4c(c3C#N)CCCC4)c2C)cc1. The molecular formula is C25H25N3O2S. The zero-order chi connectivity index (χ0) is 22.0. The molecule has 2 aromatic heterocycles. The fraction of sp³-hybridized carbons (Fsp3) is 0.320. The van der Waals surface area contributed by atoms with Crippen molar-refractivity contribution in [2.24, 2.45) is 4.99 Å². The maximum Gasteiger partial charge on any atom is 0.338 e. The molecule has 0 aliphatic heterocycles. The lowest BCUT2D eigenvalue weighted by Gasteiger charge is -2.10. The molecule has 1 aliphatic carbocycles. The molecule has 6 heteroatoms. The number of benzene rings is 1. The van der Waals surface area contributed by atoms with Crippen molar-refractivity contribution < 1.29 is 9.53 Å². The Labute approximate surface area is 186 Å². The van der Waals surface area contributed by atoms with E-state index in [1.807, 2.05) is 25.3 Å². The Bertz CT molecular complexity index is 1190. The summed E-state index contributed by atoms with van der Waals surface area (Å²) in [7, 11) is 0. The van der Waals surface area contributed by atoms with Gasteiger partial charge < -0.3 is 9.30 Å². The number of thiophene rings is 1. The van der Waals surface area contributed by atoms with Crippen molar-refractivity contribution in [1.29, 1.82) is 5.26 Å². The molecule has 0 spiro atoms. The quantitative estimate of drug-likeness (QED) is 0.377. The van der Waals surface area contributed by atoms with Crippen molar-refractivity contribution in [3.8, 4) is 11.8 Å². The maximum atomic E-state index is 11.9. The van der Waals surface area contributed by atoms with E-state index in [2.05, 4.69) is 23.6 Å². The Morgan fingerprint density at radius 1 is 1.26 bits per heavy atom. The van der Waals surface area contributed by atoms with Gasteiger partial charge in [0.1, 0.15) is 11.1 Å². The van der Waals surface area contributed by atoms with E-state index in [1.54, 1.807) is 30.4 Å². The van der Waals surface area contributed by atoms with E-state index in [9.17, 15) is 10.1 Å². The van der Waals surface area contributed by atoms with E-state index >= 15 is 0 Å². The molecule has 0 unspecified atom stereocenters. The van der Waals surface area contributed by atoms with Crippen LogP contribution in [0.4, 0.5) is 5.00 Å². The predicted molar refractivity (Wildman–Crippen MR) is 124 cm³/mol. The number of carbonyl (C=O) groups excluding carboxylic acids is 1. The van der Waals surface area contributed by atoms with Crippen LogP contribution < -0.4 is 0 Å². The fourth-order valence-electron chi connectivity index (χ4n) is 4.16. The van der Waals surface area contributed by atoms with Crippen LogP contribution in [0.3, 0.4) is 0 Å². The van der Waals surface area contributed by atoms with E-state index < -0.39 is 0 Å². The van der Waals surface area contributed by atoms with E-state index in [4.69, 9.17) is 9.73 Å². The summed E-state index contributed by atoms with van der Waals surface area (Å²) >= 11 is 1.66. The first-order valence-electron chi connectivity index (χ1n) is 10.6. The first-order chi connectivity index (χ1) is 15.0. The molecule has 0 atom stereocenters. The minimum Gasteiger partial charge on any atom is -0.462 e. The second-order valence-corrected chi connectivity index (χ2v) is 8.77. The summed E-state index contributed by atoms with van der Waals surface area (Å²) in [5, 5.41) is 10.5. The highest BCUT2D eigenvalue weighted by Crippen LogP contribution is 2.39. The smallest absolute Gasteiger partial charge is 0.338 e. The van der Waals surface area contributed by atoms with Crippen molar-refractivity contribution in [1.82, 2.24) is 4.57 Å². The third-order valence-corrected chi connectivity index (χ3v) is 6.89. The third-order valence-electron chi connectivity index (χ3n) is 5.69. The molecule has 0 saturated carbocycles. The number of esters is 1. The number of fused-ring (bicyclic) bond motifs is 1. The van der Waals surface area contributed by atoms with E-state index in [0.29, 0.717) is 12.2 Å². The Kier molecular flexibility index (Phi) is 6.06. The number of hydrogen-bond acceptors (Lipinski definition) is 5. The molecule has 0 fully saturated rings. The lowest BCUT2D eigenvalue weighted by Crippen LogP contribution is -2.05. The van der Waals surface area contributed by atoms with Gasteiger partial charge in [0, 0.05) is 33.7 Å². The van der Waals surface area contributed by atoms with Gasteiger partial charge in [-0.1, -0.05) is 0 Å². The fourth-order valence-corrected chi connectivity index (χ4v) is 5.35. The number of nitriles is 1. The number of hydrogen-bond donors (Lipinski definition) is 0. The molecule has 158 valence electrons. The monoisotopic (exact) mass is 431 g/mol. The van der Waals surface area contributed by atoms with Crippen LogP contribution in [0.15, 0.2) is 35.3 Å². The predicted octanol–water partition coefficient (Wildman–Crippen LogP) is 5.83. The Balaban J connectivity index is 1.63. The van der Waals surface area contributed by atoms with Gasteiger partial charge in [-0.25, -0.2) is 9.79 Å². The van der Waals surface area contributed by atoms with Gasteiger partial charge in [-0.15, -0.1) is 11.3 Å². The van der Waals surface area contributed by atoms with Crippen LogP contribution in [0.1, 0.15) is 63.1 Å². The Hall–Kier alpha value is -3.17. The van der Waals surface area contributed by atoms with Crippen molar-refractivity contribution in [2.75, 3.05) is 6.61 Å². The third kappa shape index (κ3) is 4.06. The van der Waals surface area contributed by atoms with Crippen LogP contribution in [-0.2, 0) is 17.6 Å². The van der Waals surface area contributed by atoms with Crippen LogP contribution in [0, 0.1) is 25.2 Å². The van der Waals surface area contributed by atoms with Crippen molar-refractivity contribution in [3.05, 3.63) is 68.9 Å². The van der Waals surface area contributed by atoms with E-state index in [0.717, 1.165) is 52.5 Å². The average molecular weight is 432 g/mol. The van der Waals surface area contributed by atoms with Crippen LogP contribution >= 0.6 is 11.3 Å². The molecule has 5 nitrogen and oxygen atoms in total. The lowest BCUT2D eigenvalue weighted by atomic mass is 9.96. The Morgan fingerprint density at radius 2 is 2.00 bits per heavy atom. The Morgan fingerprint density at radius 3 is 2.71 bits per heavy atom. The zero-order valence-electron chi connectivity index (χ0n) is 18.1. The van der Waals surface area contributed by atoms with E-state index in [1.165, 1.54) is 16.9 Å². The summed E-state index contributed by atoms with van der Waals surface area (Å²) in [6.45, 7) is 6.26. The first-order valence-corrected chi connectivity index (χ1v) is 11.4. The molecule has 4 rings (SSSR count). The van der Waals surface area contributed by atoms with Crippen molar-refractivity contribution >= 4 is 28.5 Å². The topological polar surface area (TPSA) is 67.4 Å². The maximum absolute atomic E-state index is 11.9. The molecule has 3 aromatic rings. The molecule has 0 radical (unpaired) electrons. The summed E-state index contributed by atoms with van der Waals surface area (Å²) in [6.07, 6.45) is 6.25. The normalized spacial score (nSPS) is 13.2. The van der Waals surface area contributed by atoms with Gasteiger partial charge in [-0.2, -0.15) is 5.26 Å². The standard InChI is InChI=1S/C25H25N3O2S/c1-4-30-25(29)18-9-11-20(12-10-18)28-16(2)13-19(17(28)3)15-27-24-22(14-26)21-7-5-6-8-23(21)31-24/h9-13,15H,4-8H2,1-3H3. The first kappa shape index (κ1) is 21.1. The van der Waals surface area contributed by atoms with Gasteiger partial charge in [0.05, 0.1) is 17.7 Å². The second kappa shape index (κ2) is 8.91. The van der Waals surface area contributed by atoms with Gasteiger partial charge >= 0.3 is 5.97 Å². The minimum atomic E-state index is -0.310. The minimum absolute atomic E-state index is 0.310. The van der Waals surface area contributed by atoms with Crippen LogP contribution in [0.5, 0.6) is 0 Å². The highest BCUT2D eigenvalue weighted by molar-refractivity contribution is 7.16. The summed E-state index contributed by atoms with van der Waals surface area (Å²) in [4.78, 5) is 17.9. The second-order valence-electron chi connectivity index (χ2n) is 7.69. The van der Waals surface area contributed by atoms with Gasteiger partial charge in [-0.3, -0.25) is 0 Å². The van der Waals surface area contributed by atoms with E-state index in [-0.39, 0.29) is 5.97 Å². The molecule has 31 heavy (non-hydrogen) atoms. The van der Waals surface area contributed by atoms with Crippen molar-refractivity contribution in [3.63, 3.8) is 0 Å². The van der Waals surface area contributed by atoms with Crippen molar-refractivity contribution in [2.45, 2.75) is 46.5 Å². The largest absolute Gasteiger partial charge is 0.462 e. The molecular weight excluding hydrogens is 406 g/mol.